The molecule has 2 rings (SSSR count). The molecule has 5 nitrogen and oxygen atoms in total. The summed E-state index contributed by atoms with van der Waals surface area (Å²) in [5.74, 6) is -0.0136. The zero-order valence-corrected chi connectivity index (χ0v) is 9.66. The third-order valence-corrected chi connectivity index (χ3v) is 3.19. The normalized spacial score (nSPS) is 20.4. The molecule has 1 atom stereocenters. The van der Waals surface area contributed by atoms with Crippen LogP contribution >= 0.6 is 0 Å². The van der Waals surface area contributed by atoms with Gasteiger partial charge in [0.25, 0.3) is 5.91 Å². The Hall–Kier alpha value is -1.36. The second-order valence-corrected chi connectivity index (χ2v) is 4.29. The van der Waals surface area contributed by atoms with Gasteiger partial charge >= 0.3 is 0 Å². The first kappa shape index (κ1) is 11.1. The monoisotopic (exact) mass is 223 g/mol. The summed E-state index contributed by atoms with van der Waals surface area (Å²) in [7, 11) is 0. The van der Waals surface area contributed by atoms with E-state index in [9.17, 15) is 9.90 Å². The molecule has 1 aromatic heterocycles. The van der Waals surface area contributed by atoms with Gasteiger partial charge in [-0.25, -0.2) is 0 Å². The van der Waals surface area contributed by atoms with E-state index >= 15 is 0 Å². The number of carbonyl (C=O) groups excluding carboxylic acids is 1. The maximum absolute atomic E-state index is 12.3. The summed E-state index contributed by atoms with van der Waals surface area (Å²) in [4.78, 5) is 14.0. The number of aromatic nitrogens is 2. The lowest BCUT2D eigenvalue weighted by atomic mass is 10.1. The number of nitrogens with zero attached hydrogens (tertiary/aromatic N) is 2. The number of rotatable bonds is 2. The third kappa shape index (κ3) is 1.71. The van der Waals surface area contributed by atoms with Crippen molar-refractivity contribution in [2.75, 3.05) is 13.2 Å². The van der Waals surface area contributed by atoms with Crippen LogP contribution in [0.5, 0.6) is 0 Å². The van der Waals surface area contributed by atoms with Crippen molar-refractivity contribution in [3.63, 3.8) is 0 Å². The van der Waals surface area contributed by atoms with Gasteiger partial charge in [0, 0.05) is 12.2 Å². The van der Waals surface area contributed by atoms with E-state index in [4.69, 9.17) is 0 Å². The van der Waals surface area contributed by atoms with Crippen LogP contribution in [-0.2, 0) is 0 Å². The van der Waals surface area contributed by atoms with Crippen molar-refractivity contribution >= 4 is 5.91 Å². The van der Waals surface area contributed by atoms with Gasteiger partial charge in [-0.3, -0.25) is 9.89 Å². The summed E-state index contributed by atoms with van der Waals surface area (Å²) in [6.07, 6.45) is 1.85. The van der Waals surface area contributed by atoms with Gasteiger partial charge in [0.2, 0.25) is 0 Å². The molecule has 1 amide bonds. The molecule has 0 aliphatic carbocycles. The summed E-state index contributed by atoms with van der Waals surface area (Å²) >= 11 is 0. The molecule has 88 valence electrons. The first-order valence-electron chi connectivity index (χ1n) is 5.58. The highest BCUT2D eigenvalue weighted by atomic mass is 16.3. The second-order valence-electron chi connectivity index (χ2n) is 4.29. The molecule has 1 saturated heterocycles. The number of aromatic amines is 1. The first-order valence-corrected chi connectivity index (χ1v) is 5.58. The van der Waals surface area contributed by atoms with E-state index in [0.717, 1.165) is 30.8 Å². The SMILES string of the molecule is Cc1n[nH]c(C)c1C(=O)N1CCC[C@@H]1CO. The molecule has 2 N–H and O–H groups in total. The molecule has 1 fully saturated rings. The average Bonchev–Trinajstić information content (AvgIpc) is 2.85. The van der Waals surface area contributed by atoms with Crippen molar-refractivity contribution in [2.24, 2.45) is 0 Å². The number of nitrogens with one attached hydrogen (secondary N) is 1. The van der Waals surface area contributed by atoms with Crippen LogP contribution < -0.4 is 0 Å². The highest BCUT2D eigenvalue weighted by molar-refractivity contribution is 5.96. The van der Waals surface area contributed by atoms with Gasteiger partial charge in [0.15, 0.2) is 0 Å². The number of hydrogen-bond acceptors (Lipinski definition) is 3. The highest BCUT2D eigenvalue weighted by Gasteiger charge is 2.31. The van der Waals surface area contributed by atoms with Gasteiger partial charge in [-0.1, -0.05) is 0 Å². The van der Waals surface area contributed by atoms with Crippen molar-refractivity contribution in [3.8, 4) is 0 Å². The van der Waals surface area contributed by atoms with Gasteiger partial charge < -0.3 is 10.0 Å². The number of aryl methyl sites for hydroxylation is 2. The van der Waals surface area contributed by atoms with E-state index in [0.29, 0.717) is 5.56 Å². The van der Waals surface area contributed by atoms with Crippen LogP contribution in [0.1, 0.15) is 34.6 Å². The molecule has 0 radical (unpaired) electrons. The van der Waals surface area contributed by atoms with Gasteiger partial charge in [-0.05, 0) is 26.7 Å². The fourth-order valence-corrected chi connectivity index (χ4v) is 2.30. The fraction of sp³-hybridized carbons (Fsp3) is 0.636. The van der Waals surface area contributed by atoms with Crippen LogP contribution in [0.2, 0.25) is 0 Å². The molecular formula is C11H17N3O2. The predicted octanol–water partition coefficient (Wildman–Crippen LogP) is 0.623. The minimum atomic E-state index is -0.0267. The van der Waals surface area contributed by atoms with Crippen LogP contribution in [0.4, 0.5) is 0 Å². The molecular weight excluding hydrogens is 206 g/mol. The predicted molar refractivity (Wildman–Crippen MR) is 59.2 cm³/mol. The summed E-state index contributed by atoms with van der Waals surface area (Å²) in [5.41, 5.74) is 2.18. The zero-order chi connectivity index (χ0) is 11.7. The Kier molecular flexibility index (Phi) is 2.96. The molecule has 1 aromatic rings. The fourth-order valence-electron chi connectivity index (χ4n) is 2.30. The molecule has 0 spiro atoms. The quantitative estimate of drug-likeness (QED) is 0.772. The second kappa shape index (κ2) is 4.25. The molecule has 1 aliphatic rings. The molecule has 5 heteroatoms. The Labute approximate surface area is 94.5 Å². The minimum Gasteiger partial charge on any atom is -0.394 e. The zero-order valence-electron chi connectivity index (χ0n) is 9.66. The van der Waals surface area contributed by atoms with Crippen LogP contribution in [0, 0.1) is 13.8 Å². The van der Waals surface area contributed by atoms with Gasteiger partial charge in [0.05, 0.1) is 23.9 Å². The van der Waals surface area contributed by atoms with E-state index in [1.807, 2.05) is 13.8 Å². The molecule has 0 bridgehead atoms. The topological polar surface area (TPSA) is 69.2 Å². The van der Waals surface area contributed by atoms with Crippen molar-refractivity contribution in [1.29, 1.82) is 0 Å². The molecule has 16 heavy (non-hydrogen) atoms. The van der Waals surface area contributed by atoms with E-state index in [2.05, 4.69) is 10.2 Å². The number of aliphatic hydroxyl groups is 1. The first-order chi connectivity index (χ1) is 7.65. The number of aliphatic hydroxyl groups excluding tert-OH is 1. The number of H-pyrrole nitrogens is 1. The van der Waals surface area contributed by atoms with Gasteiger partial charge in [-0.2, -0.15) is 5.10 Å². The number of likely N-dealkylation sites (tertiary alicyclic amines) is 1. The number of hydrogen-bond donors (Lipinski definition) is 2. The van der Waals surface area contributed by atoms with E-state index in [1.54, 1.807) is 4.90 Å². The summed E-state index contributed by atoms with van der Waals surface area (Å²) < 4.78 is 0. The van der Waals surface area contributed by atoms with Crippen molar-refractivity contribution in [3.05, 3.63) is 17.0 Å². The van der Waals surface area contributed by atoms with Crippen molar-refractivity contribution < 1.29 is 9.90 Å². The van der Waals surface area contributed by atoms with Crippen LogP contribution in [0.3, 0.4) is 0 Å². The third-order valence-electron chi connectivity index (χ3n) is 3.19. The molecule has 0 unspecified atom stereocenters. The number of amides is 1. The lowest BCUT2D eigenvalue weighted by molar-refractivity contribution is 0.0676. The smallest absolute Gasteiger partial charge is 0.257 e. The van der Waals surface area contributed by atoms with E-state index < -0.39 is 0 Å². The Balaban J connectivity index is 2.25. The standard InChI is InChI=1S/C11H17N3O2/c1-7-10(8(2)13-12-7)11(16)14-5-3-4-9(14)6-15/h9,15H,3-6H2,1-2H3,(H,12,13)/t9-/m1/s1. The maximum atomic E-state index is 12.3. The highest BCUT2D eigenvalue weighted by Crippen LogP contribution is 2.21. The lowest BCUT2D eigenvalue weighted by Gasteiger charge is -2.23. The van der Waals surface area contributed by atoms with Gasteiger partial charge in [0.1, 0.15) is 0 Å². The van der Waals surface area contributed by atoms with Crippen LogP contribution in [0.15, 0.2) is 0 Å². The Morgan fingerprint density at radius 3 is 2.94 bits per heavy atom. The van der Waals surface area contributed by atoms with Crippen LogP contribution in [-0.4, -0.2) is 45.3 Å². The van der Waals surface area contributed by atoms with Crippen molar-refractivity contribution in [1.82, 2.24) is 15.1 Å². The van der Waals surface area contributed by atoms with E-state index in [1.165, 1.54) is 0 Å². The largest absolute Gasteiger partial charge is 0.394 e. The molecule has 0 aromatic carbocycles. The van der Waals surface area contributed by atoms with E-state index in [-0.39, 0.29) is 18.6 Å². The maximum Gasteiger partial charge on any atom is 0.257 e. The van der Waals surface area contributed by atoms with Gasteiger partial charge in [-0.15, -0.1) is 0 Å². The van der Waals surface area contributed by atoms with Crippen molar-refractivity contribution in [2.45, 2.75) is 32.7 Å². The average molecular weight is 223 g/mol. The number of carbonyl (C=O) groups is 1. The Bertz CT molecular complexity index is 380. The lowest BCUT2D eigenvalue weighted by Crippen LogP contribution is -2.38. The molecule has 1 aliphatic heterocycles. The Morgan fingerprint density at radius 1 is 1.62 bits per heavy atom. The molecule has 0 saturated carbocycles. The summed E-state index contributed by atoms with van der Waals surface area (Å²) in [6, 6.07) is -0.0267. The Morgan fingerprint density at radius 2 is 2.38 bits per heavy atom. The molecule has 2 heterocycles. The van der Waals surface area contributed by atoms with Crippen LogP contribution in [0.25, 0.3) is 0 Å². The minimum absolute atomic E-state index is 0.0136. The summed E-state index contributed by atoms with van der Waals surface area (Å²) in [5, 5.41) is 16.0. The summed E-state index contributed by atoms with van der Waals surface area (Å²) in [6.45, 7) is 4.44.